The number of nitrogens with two attached hydrogens (primary N) is 1. The van der Waals surface area contributed by atoms with Gasteiger partial charge in [-0.2, -0.15) is 0 Å². The second-order valence-corrected chi connectivity index (χ2v) is 2.67. The Morgan fingerprint density at radius 1 is 1.33 bits per heavy atom. The third-order valence-electron chi connectivity index (χ3n) is 1.60. The summed E-state index contributed by atoms with van der Waals surface area (Å²) in [5.74, 6) is 0. The molecule has 0 spiro atoms. The van der Waals surface area contributed by atoms with Crippen LogP contribution in [0, 0.1) is 0 Å². The molecule has 0 aliphatic rings. The van der Waals surface area contributed by atoms with E-state index in [9.17, 15) is 8.78 Å². The highest BCUT2D eigenvalue weighted by atomic mass is 19.3. The zero-order valence-corrected chi connectivity index (χ0v) is 6.63. The normalized spacial score (nSPS) is 10.6. The summed E-state index contributed by atoms with van der Waals surface area (Å²) in [7, 11) is 0. The van der Waals surface area contributed by atoms with Gasteiger partial charge in [0.15, 0.2) is 0 Å². The van der Waals surface area contributed by atoms with Crippen molar-refractivity contribution in [1.29, 1.82) is 0 Å². The van der Waals surface area contributed by atoms with Gasteiger partial charge in [-0.1, -0.05) is 12.1 Å². The van der Waals surface area contributed by atoms with E-state index >= 15 is 0 Å². The summed E-state index contributed by atoms with van der Waals surface area (Å²) in [4.78, 5) is 0. The van der Waals surface area contributed by atoms with E-state index in [4.69, 9.17) is 5.73 Å². The van der Waals surface area contributed by atoms with E-state index in [1.807, 2.05) is 0 Å². The summed E-state index contributed by atoms with van der Waals surface area (Å²) >= 11 is 0. The quantitative estimate of drug-likeness (QED) is 0.694. The minimum Gasteiger partial charge on any atom is -0.399 e. The zero-order chi connectivity index (χ0) is 8.97. The first kappa shape index (κ1) is 8.97. The van der Waals surface area contributed by atoms with Gasteiger partial charge in [0.1, 0.15) is 0 Å². The Morgan fingerprint density at radius 2 is 2.08 bits per heavy atom. The average Bonchev–Trinajstić information content (AvgIpc) is 2.01. The van der Waals surface area contributed by atoms with Crippen LogP contribution in [0.1, 0.15) is 12.0 Å². The Hall–Kier alpha value is -1.12. The van der Waals surface area contributed by atoms with Crippen LogP contribution in [-0.2, 0) is 6.42 Å². The van der Waals surface area contributed by atoms with Crippen LogP contribution >= 0.6 is 0 Å². The predicted octanol–water partition coefficient (Wildman–Crippen LogP) is 2.47. The molecule has 0 heterocycles. The molecular formula is C9H11F2N. The van der Waals surface area contributed by atoms with Gasteiger partial charge in [0.2, 0.25) is 6.43 Å². The fourth-order valence-electron chi connectivity index (χ4n) is 1.02. The standard InChI is InChI=1S/C9H11F2N/c10-9(11)5-4-7-2-1-3-8(12)6-7/h1-3,6,9H,4-5,12H2. The molecule has 0 amide bonds. The summed E-state index contributed by atoms with van der Waals surface area (Å²) in [6, 6.07) is 7.04. The SMILES string of the molecule is Nc1cccc(CCC(F)F)c1. The van der Waals surface area contributed by atoms with Crippen molar-refractivity contribution in [3.8, 4) is 0 Å². The summed E-state index contributed by atoms with van der Waals surface area (Å²) in [6.45, 7) is 0. The first-order valence-electron chi connectivity index (χ1n) is 3.81. The Morgan fingerprint density at radius 3 is 2.67 bits per heavy atom. The molecule has 0 unspecified atom stereocenters. The summed E-state index contributed by atoms with van der Waals surface area (Å²) in [5, 5.41) is 0. The molecule has 0 aromatic heterocycles. The van der Waals surface area contributed by atoms with Crippen LogP contribution in [0.5, 0.6) is 0 Å². The van der Waals surface area contributed by atoms with Crippen molar-refractivity contribution in [2.45, 2.75) is 19.3 Å². The monoisotopic (exact) mass is 171 g/mol. The van der Waals surface area contributed by atoms with Crippen LogP contribution < -0.4 is 5.73 Å². The minimum absolute atomic E-state index is 0.0938. The highest BCUT2D eigenvalue weighted by Gasteiger charge is 2.02. The first-order chi connectivity index (χ1) is 5.68. The van der Waals surface area contributed by atoms with Gasteiger partial charge in [-0.3, -0.25) is 0 Å². The van der Waals surface area contributed by atoms with Crippen molar-refractivity contribution in [1.82, 2.24) is 0 Å². The number of anilines is 1. The Labute approximate surface area is 70.2 Å². The van der Waals surface area contributed by atoms with Crippen molar-refractivity contribution in [3.63, 3.8) is 0 Å². The molecule has 0 atom stereocenters. The molecule has 0 bridgehead atoms. The van der Waals surface area contributed by atoms with Gasteiger partial charge < -0.3 is 5.73 Å². The van der Waals surface area contributed by atoms with E-state index in [2.05, 4.69) is 0 Å². The van der Waals surface area contributed by atoms with Crippen molar-refractivity contribution < 1.29 is 8.78 Å². The second kappa shape index (κ2) is 4.04. The maximum Gasteiger partial charge on any atom is 0.239 e. The molecule has 0 aliphatic heterocycles. The fraction of sp³-hybridized carbons (Fsp3) is 0.333. The fourth-order valence-corrected chi connectivity index (χ4v) is 1.02. The lowest BCUT2D eigenvalue weighted by molar-refractivity contribution is 0.138. The molecule has 0 radical (unpaired) electrons. The molecule has 1 rings (SSSR count). The van der Waals surface area contributed by atoms with Crippen LogP contribution in [0.25, 0.3) is 0 Å². The lowest BCUT2D eigenvalue weighted by Crippen LogP contribution is -1.95. The van der Waals surface area contributed by atoms with E-state index in [-0.39, 0.29) is 6.42 Å². The summed E-state index contributed by atoms with van der Waals surface area (Å²) in [6.07, 6.45) is -1.93. The molecule has 66 valence electrons. The van der Waals surface area contributed by atoms with Crippen LogP contribution in [0.3, 0.4) is 0 Å². The van der Waals surface area contributed by atoms with Crippen molar-refractivity contribution >= 4 is 5.69 Å². The van der Waals surface area contributed by atoms with Gasteiger partial charge in [-0.15, -0.1) is 0 Å². The summed E-state index contributed by atoms with van der Waals surface area (Å²) in [5.41, 5.74) is 6.97. The van der Waals surface area contributed by atoms with Gasteiger partial charge in [-0.05, 0) is 24.1 Å². The molecule has 12 heavy (non-hydrogen) atoms. The highest BCUT2D eigenvalue weighted by molar-refractivity contribution is 5.40. The molecular weight excluding hydrogens is 160 g/mol. The van der Waals surface area contributed by atoms with Crippen LogP contribution in [0.15, 0.2) is 24.3 Å². The van der Waals surface area contributed by atoms with Gasteiger partial charge in [0.05, 0.1) is 0 Å². The molecule has 0 saturated carbocycles. The van der Waals surface area contributed by atoms with Crippen molar-refractivity contribution in [2.24, 2.45) is 0 Å². The number of hydrogen-bond donors (Lipinski definition) is 1. The maximum absolute atomic E-state index is 11.8. The lowest BCUT2D eigenvalue weighted by atomic mass is 10.1. The molecule has 0 fully saturated rings. The third-order valence-corrected chi connectivity index (χ3v) is 1.60. The second-order valence-electron chi connectivity index (χ2n) is 2.67. The number of hydrogen-bond acceptors (Lipinski definition) is 1. The number of nitrogen functional groups attached to an aromatic ring is 1. The van der Waals surface area contributed by atoms with Gasteiger partial charge in [0, 0.05) is 12.1 Å². The van der Waals surface area contributed by atoms with E-state index in [0.717, 1.165) is 5.56 Å². The molecule has 2 N–H and O–H groups in total. The van der Waals surface area contributed by atoms with Crippen LogP contribution in [0.2, 0.25) is 0 Å². The highest BCUT2D eigenvalue weighted by Crippen LogP contribution is 2.11. The first-order valence-corrected chi connectivity index (χ1v) is 3.81. The van der Waals surface area contributed by atoms with E-state index in [0.29, 0.717) is 12.1 Å². The zero-order valence-electron chi connectivity index (χ0n) is 6.63. The third kappa shape index (κ3) is 2.86. The average molecular weight is 171 g/mol. The number of halogens is 2. The Bertz CT molecular complexity index is 248. The van der Waals surface area contributed by atoms with E-state index < -0.39 is 6.43 Å². The Kier molecular flexibility index (Phi) is 3.02. The van der Waals surface area contributed by atoms with E-state index in [1.165, 1.54) is 0 Å². The number of aryl methyl sites for hydroxylation is 1. The van der Waals surface area contributed by atoms with Gasteiger partial charge in [0.25, 0.3) is 0 Å². The topological polar surface area (TPSA) is 26.0 Å². The smallest absolute Gasteiger partial charge is 0.239 e. The van der Waals surface area contributed by atoms with Gasteiger partial charge >= 0.3 is 0 Å². The lowest BCUT2D eigenvalue weighted by Gasteiger charge is -2.01. The molecule has 0 saturated heterocycles. The Balaban J connectivity index is 2.52. The number of benzene rings is 1. The number of alkyl halides is 2. The predicted molar refractivity (Wildman–Crippen MR) is 45.2 cm³/mol. The van der Waals surface area contributed by atoms with Crippen LogP contribution in [-0.4, -0.2) is 6.43 Å². The molecule has 1 aromatic carbocycles. The van der Waals surface area contributed by atoms with Crippen LogP contribution in [0.4, 0.5) is 14.5 Å². The molecule has 0 aliphatic carbocycles. The molecule has 3 heteroatoms. The molecule has 1 nitrogen and oxygen atoms in total. The minimum atomic E-state index is -2.23. The largest absolute Gasteiger partial charge is 0.399 e. The van der Waals surface area contributed by atoms with E-state index in [1.54, 1.807) is 24.3 Å². The maximum atomic E-state index is 11.8. The van der Waals surface area contributed by atoms with Crippen molar-refractivity contribution in [3.05, 3.63) is 29.8 Å². The van der Waals surface area contributed by atoms with Gasteiger partial charge in [-0.25, -0.2) is 8.78 Å². The number of rotatable bonds is 3. The van der Waals surface area contributed by atoms with Crippen molar-refractivity contribution in [2.75, 3.05) is 5.73 Å². The summed E-state index contributed by atoms with van der Waals surface area (Å²) < 4.78 is 23.6. The molecule has 1 aromatic rings.